The molecule has 4 nitrogen and oxygen atoms in total. The van der Waals surface area contributed by atoms with Crippen LogP contribution >= 0.6 is 0 Å². The third-order valence-electron chi connectivity index (χ3n) is 4.25. The lowest BCUT2D eigenvalue weighted by atomic mass is 9.99. The molecule has 0 bridgehead atoms. The molecule has 1 aromatic carbocycles. The molecule has 0 radical (unpaired) electrons. The predicted octanol–water partition coefficient (Wildman–Crippen LogP) is 2.83. The van der Waals surface area contributed by atoms with Gasteiger partial charge in [0.1, 0.15) is 6.54 Å². The third kappa shape index (κ3) is 3.60. The highest BCUT2D eigenvalue weighted by molar-refractivity contribution is 5.99. The summed E-state index contributed by atoms with van der Waals surface area (Å²) in [4.78, 5) is 15.6. The van der Waals surface area contributed by atoms with Crippen molar-refractivity contribution < 1.29 is 22.7 Å². The van der Waals surface area contributed by atoms with Crippen molar-refractivity contribution in [3.05, 3.63) is 24.3 Å². The molecule has 1 atom stereocenters. The van der Waals surface area contributed by atoms with Gasteiger partial charge in [0.25, 0.3) is 0 Å². The van der Waals surface area contributed by atoms with Crippen LogP contribution in [-0.4, -0.2) is 44.9 Å². The van der Waals surface area contributed by atoms with E-state index in [-0.39, 0.29) is 24.9 Å². The molecule has 3 rings (SSSR count). The topological polar surface area (TPSA) is 32.8 Å². The molecule has 1 fully saturated rings. The number of carbonyl (C=O) groups excluding carboxylic acids is 1. The Morgan fingerprint density at radius 2 is 1.96 bits per heavy atom. The van der Waals surface area contributed by atoms with E-state index in [9.17, 15) is 18.0 Å². The Kier molecular flexibility index (Phi) is 4.48. The zero-order valence-corrected chi connectivity index (χ0v) is 12.7. The predicted molar refractivity (Wildman–Crippen MR) is 80.6 cm³/mol. The van der Waals surface area contributed by atoms with Crippen LogP contribution in [-0.2, 0) is 9.53 Å². The number of hydrogen-bond acceptors (Lipinski definition) is 3. The highest BCUT2D eigenvalue weighted by Crippen LogP contribution is 2.36. The van der Waals surface area contributed by atoms with Gasteiger partial charge in [-0.3, -0.25) is 4.79 Å². The normalized spacial score (nSPS) is 22.0. The number of alkyl halides is 3. The fourth-order valence-corrected chi connectivity index (χ4v) is 3.19. The quantitative estimate of drug-likeness (QED) is 0.837. The van der Waals surface area contributed by atoms with Crippen molar-refractivity contribution in [1.29, 1.82) is 0 Å². The number of fused-ring (bicyclic) bond motifs is 1. The summed E-state index contributed by atoms with van der Waals surface area (Å²) in [5.41, 5.74) is 1.01. The Bertz CT molecular complexity index is 571. The summed E-state index contributed by atoms with van der Waals surface area (Å²) in [5.74, 6) is -0.255. The fraction of sp³-hybridized carbons (Fsp3) is 0.562. The van der Waals surface area contributed by atoms with Crippen LogP contribution in [0.1, 0.15) is 12.8 Å². The molecule has 0 aromatic heterocycles. The lowest BCUT2D eigenvalue weighted by molar-refractivity contribution is -0.126. The SMILES string of the molecule is O=C([C@H]1CCCOC1)N1CCN(CC(F)(F)F)c2ccccc21. The van der Waals surface area contributed by atoms with Gasteiger partial charge < -0.3 is 14.5 Å². The van der Waals surface area contributed by atoms with E-state index in [0.29, 0.717) is 24.6 Å². The second kappa shape index (κ2) is 6.39. The van der Waals surface area contributed by atoms with Gasteiger partial charge in [-0.05, 0) is 25.0 Å². The van der Waals surface area contributed by atoms with Gasteiger partial charge in [0.2, 0.25) is 5.91 Å². The van der Waals surface area contributed by atoms with E-state index in [0.717, 1.165) is 12.8 Å². The van der Waals surface area contributed by atoms with Crippen molar-refractivity contribution in [2.24, 2.45) is 5.92 Å². The van der Waals surface area contributed by atoms with Crippen LogP contribution in [0.15, 0.2) is 24.3 Å². The van der Waals surface area contributed by atoms with E-state index in [1.54, 1.807) is 29.2 Å². The van der Waals surface area contributed by atoms with E-state index in [4.69, 9.17) is 4.74 Å². The maximum atomic E-state index is 12.7. The Morgan fingerprint density at radius 3 is 2.61 bits per heavy atom. The number of anilines is 2. The summed E-state index contributed by atoms with van der Waals surface area (Å²) in [6.07, 6.45) is -2.66. The number of benzene rings is 1. The molecule has 1 amide bonds. The Balaban J connectivity index is 1.83. The number of ether oxygens (including phenoxy) is 1. The first kappa shape index (κ1) is 16.1. The van der Waals surface area contributed by atoms with Gasteiger partial charge in [0.05, 0.1) is 23.9 Å². The molecule has 0 saturated carbocycles. The highest BCUT2D eigenvalue weighted by atomic mass is 19.4. The molecular formula is C16H19F3N2O2. The van der Waals surface area contributed by atoms with Gasteiger partial charge in [-0.25, -0.2) is 0 Å². The zero-order chi connectivity index (χ0) is 16.4. The van der Waals surface area contributed by atoms with E-state index in [1.807, 2.05) is 0 Å². The van der Waals surface area contributed by atoms with E-state index >= 15 is 0 Å². The van der Waals surface area contributed by atoms with Gasteiger partial charge in [-0.2, -0.15) is 13.2 Å². The molecule has 1 aromatic rings. The summed E-state index contributed by atoms with van der Waals surface area (Å²) >= 11 is 0. The first-order valence-corrected chi connectivity index (χ1v) is 7.75. The minimum atomic E-state index is -4.27. The Labute approximate surface area is 132 Å². The van der Waals surface area contributed by atoms with Crippen LogP contribution in [0.4, 0.5) is 24.5 Å². The molecule has 7 heteroatoms. The monoisotopic (exact) mass is 328 g/mol. The molecule has 0 N–H and O–H groups in total. The zero-order valence-electron chi connectivity index (χ0n) is 12.7. The minimum Gasteiger partial charge on any atom is -0.381 e. The van der Waals surface area contributed by atoms with Gasteiger partial charge in [0, 0.05) is 19.7 Å². The molecule has 126 valence electrons. The van der Waals surface area contributed by atoms with Crippen LogP contribution in [0.2, 0.25) is 0 Å². The van der Waals surface area contributed by atoms with Crippen LogP contribution in [0.3, 0.4) is 0 Å². The van der Waals surface area contributed by atoms with Crippen molar-refractivity contribution in [3.63, 3.8) is 0 Å². The highest BCUT2D eigenvalue weighted by Gasteiger charge is 2.36. The molecule has 1 saturated heterocycles. The molecule has 2 aliphatic heterocycles. The maximum Gasteiger partial charge on any atom is 0.405 e. The lowest BCUT2D eigenvalue weighted by Crippen LogP contribution is -2.49. The van der Waals surface area contributed by atoms with Crippen molar-refractivity contribution in [2.75, 3.05) is 42.6 Å². The average Bonchev–Trinajstić information content (AvgIpc) is 2.54. The number of rotatable bonds is 2. The molecule has 2 heterocycles. The summed E-state index contributed by atoms with van der Waals surface area (Å²) in [6, 6.07) is 6.78. The van der Waals surface area contributed by atoms with Crippen molar-refractivity contribution >= 4 is 17.3 Å². The summed E-state index contributed by atoms with van der Waals surface area (Å²) in [5, 5.41) is 0. The largest absolute Gasteiger partial charge is 0.405 e. The molecule has 23 heavy (non-hydrogen) atoms. The van der Waals surface area contributed by atoms with Crippen molar-refractivity contribution in [3.8, 4) is 0 Å². The maximum absolute atomic E-state index is 12.7. The Hall–Kier alpha value is -1.76. The van der Waals surface area contributed by atoms with Crippen molar-refractivity contribution in [1.82, 2.24) is 0 Å². The first-order chi connectivity index (χ1) is 11.0. The number of carbonyl (C=O) groups is 1. The van der Waals surface area contributed by atoms with E-state index in [2.05, 4.69) is 0 Å². The summed E-state index contributed by atoms with van der Waals surface area (Å²) in [7, 11) is 0. The molecule has 2 aliphatic rings. The smallest absolute Gasteiger partial charge is 0.381 e. The second-order valence-corrected chi connectivity index (χ2v) is 5.93. The first-order valence-electron chi connectivity index (χ1n) is 7.75. The number of nitrogens with zero attached hydrogens (tertiary/aromatic N) is 2. The fourth-order valence-electron chi connectivity index (χ4n) is 3.19. The number of hydrogen-bond donors (Lipinski definition) is 0. The van der Waals surface area contributed by atoms with Crippen LogP contribution < -0.4 is 9.80 Å². The van der Waals surface area contributed by atoms with Gasteiger partial charge in [-0.1, -0.05) is 12.1 Å². The molecule has 0 aliphatic carbocycles. The van der Waals surface area contributed by atoms with Gasteiger partial charge in [0.15, 0.2) is 0 Å². The van der Waals surface area contributed by atoms with E-state index in [1.165, 1.54) is 4.90 Å². The summed E-state index contributed by atoms with van der Waals surface area (Å²) < 4.78 is 43.6. The van der Waals surface area contributed by atoms with Crippen LogP contribution in [0, 0.1) is 5.92 Å². The Morgan fingerprint density at radius 1 is 1.22 bits per heavy atom. The van der Waals surface area contributed by atoms with Gasteiger partial charge in [-0.15, -0.1) is 0 Å². The van der Waals surface area contributed by atoms with Crippen LogP contribution in [0.5, 0.6) is 0 Å². The molecule has 0 spiro atoms. The third-order valence-corrected chi connectivity index (χ3v) is 4.25. The van der Waals surface area contributed by atoms with E-state index < -0.39 is 12.7 Å². The second-order valence-electron chi connectivity index (χ2n) is 5.93. The average molecular weight is 328 g/mol. The van der Waals surface area contributed by atoms with Crippen LogP contribution in [0.25, 0.3) is 0 Å². The minimum absolute atomic E-state index is 0.0520. The standard InChI is InChI=1S/C16H19F3N2O2/c17-16(18,19)11-20-7-8-21(14-6-2-1-5-13(14)20)15(22)12-4-3-9-23-10-12/h1-2,5-6,12H,3-4,7-11H2/t12-/m0/s1. The lowest BCUT2D eigenvalue weighted by Gasteiger charge is -2.39. The van der Waals surface area contributed by atoms with Gasteiger partial charge >= 0.3 is 6.18 Å². The molecular weight excluding hydrogens is 309 g/mol. The summed E-state index contributed by atoms with van der Waals surface area (Å²) in [6.45, 7) is 0.500. The number of halogens is 3. The number of para-hydroxylation sites is 2. The molecule has 0 unspecified atom stereocenters. The van der Waals surface area contributed by atoms with Crippen molar-refractivity contribution in [2.45, 2.75) is 19.0 Å². The number of amides is 1.